The maximum absolute atomic E-state index is 13.1. The average molecular weight is 445 g/mol. The van der Waals surface area contributed by atoms with Crippen molar-refractivity contribution in [3.8, 4) is 0 Å². The molecule has 2 aliphatic heterocycles. The molecule has 0 saturated carbocycles. The number of nitrogens with one attached hydrogen (secondary N) is 1. The molecule has 1 atom stereocenters. The summed E-state index contributed by atoms with van der Waals surface area (Å²) in [6.45, 7) is 2.03. The number of anilines is 1. The molecule has 7 nitrogen and oxygen atoms in total. The molecule has 9 heteroatoms. The smallest absolute Gasteiger partial charge is 0.324 e. The predicted octanol–water partition coefficient (Wildman–Crippen LogP) is 2.50. The van der Waals surface area contributed by atoms with Crippen LogP contribution in [0.2, 0.25) is 5.02 Å². The molecule has 0 bridgehead atoms. The molecule has 0 spiro atoms. The Morgan fingerprint density at radius 1 is 1.03 bits per heavy atom. The van der Waals surface area contributed by atoms with E-state index in [2.05, 4.69) is 10.2 Å². The number of hydrogen-bond donors (Lipinski definition) is 1. The fourth-order valence-corrected chi connectivity index (χ4v) is 4.05. The van der Waals surface area contributed by atoms with Crippen LogP contribution in [0.15, 0.2) is 48.5 Å². The number of carbonyl (C=O) groups is 3. The summed E-state index contributed by atoms with van der Waals surface area (Å²) in [6, 6.07) is 12.7. The first-order valence-electron chi connectivity index (χ1n) is 10.1. The Morgan fingerprint density at radius 2 is 1.71 bits per heavy atom. The van der Waals surface area contributed by atoms with E-state index in [9.17, 15) is 18.8 Å². The van der Waals surface area contributed by atoms with Crippen LogP contribution in [-0.2, 0) is 16.1 Å². The van der Waals surface area contributed by atoms with E-state index in [-0.39, 0.29) is 24.8 Å². The lowest BCUT2D eigenvalue weighted by Gasteiger charge is -2.39. The summed E-state index contributed by atoms with van der Waals surface area (Å²) in [5.74, 6) is -2.07. The van der Waals surface area contributed by atoms with Gasteiger partial charge in [-0.3, -0.25) is 14.5 Å². The number of nitrogens with zero attached hydrogens (tertiary/aromatic N) is 3. The number of halogens is 2. The third-order valence-corrected chi connectivity index (χ3v) is 6.00. The van der Waals surface area contributed by atoms with Crippen LogP contribution >= 0.6 is 11.6 Å². The van der Waals surface area contributed by atoms with Gasteiger partial charge in [-0.2, -0.15) is 0 Å². The van der Waals surface area contributed by atoms with Crippen LogP contribution in [0.1, 0.15) is 5.56 Å². The van der Waals surface area contributed by atoms with E-state index < -0.39 is 17.9 Å². The lowest BCUT2D eigenvalue weighted by atomic mass is 10.0. The summed E-state index contributed by atoms with van der Waals surface area (Å²) < 4.78 is 13.1. The predicted molar refractivity (Wildman–Crippen MR) is 114 cm³/mol. The summed E-state index contributed by atoms with van der Waals surface area (Å²) in [7, 11) is 0. The number of piperazine rings is 1. The van der Waals surface area contributed by atoms with Crippen molar-refractivity contribution in [1.82, 2.24) is 15.1 Å². The quantitative estimate of drug-likeness (QED) is 0.735. The number of imide groups is 1. The molecule has 2 saturated heterocycles. The molecule has 1 unspecified atom stereocenters. The molecule has 2 fully saturated rings. The van der Waals surface area contributed by atoms with Gasteiger partial charge in [0.25, 0.3) is 0 Å². The van der Waals surface area contributed by atoms with Gasteiger partial charge in [-0.1, -0.05) is 29.8 Å². The van der Waals surface area contributed by atoms with Crippen LogP contribution < -0.4 is 10.2 Å². The van der Waals surface area contributed by atoms with Crippen molar-refractivity contribution in [2.24, 2.45) is 5.92 Å². The monoisotopic (exact) mass is 444 g/mol. The normalized spacial score (nSPS) is 19.4. The van der Waals surface area contributed by atoms with Gasteiger partial charge in [0.15, 0.2) is 0 Å². The minimum absolute atomic E-state index is 0.00641. The van der Waals surface area contributed by atoms with Crippen LogP contribution in [0.25, 0.3) is 0 Å². The first kappa shape index (κ1) is 21.1. The largest absolute Gasteiger partial charge is 0.368 e. The molecule has 2 aromatic carbocycles. The standard InChI is InChI=1S/C22H22ClFN4O3/c23-19-4-2-1-3-15(19)14-28-21(30)18(13-25-22(28)31)20(29)27-11-9-26(10-12-27)17-7-5-16(24)6-8-17/h1-8,18H,9-14H2,(H,25,31). The Kier molecular flexibility index (Phi) is 6.08. The van der Waals surface area contributed by atoms with Crippen molar-refractivity contribution in [3.63, 3.8) is 0 Å². The Balaban J connectivity index is 1.40. The molecule has 162 valence electrons. The first-order valence-corrected chi connectivity index (χ1v) is 10.4. The highest BCUT2D eigenvalue weighted by Crippen LogP contribution is 2.22. The minimum Gasteiger partial charge on any atom is -0.368 e. The summed E-state index contributed by atoms with van der Waals surface area (Å²) in [4.78, 5) is 43.1. The Hall–Kier alpha value is -3.13. The molecule has 2 heterocycles. The van der Waals surface area contributed by atoms with Crippen molar-refractivity contribution >= 4 is 35.1 Å². The van der Waals surface area contributed by atoms with Crippen LogP contribution in [0, 0.1) is 11.7 Å². The highest BCUT2D eigenvalue weighted by molar-refractivity contribution is 6.31. The molecule has 2 aromatic rings. The fourth-order valence-electron chi connectivity index (χ4n) is 3.86. The average Bonchev–Trinajstić information content (AvgIpc) is 2.78. The van der Waals surface area contributed by atoms with E-state index >= 15 is 0 Å². The van der Waals surface area contributed by atoms with Gasteiger partial charge in [0.05, 0.1) is 6.54 Å². The maximum Gasteiger partial charge on any atom is 0.324 e. The molecule has 31 heavy (non-hydrogen) atoms. The van der Waals surface area contributed by atoms with Gasteiger partial charge in [-0.15, -0.1) is 0 Å². The second-order valence-corrected chi connectivity index (χ2v) is 7.95. The van der Waals surface area contributed by atoms with Crippen molar-refractivity contribution in [2.45, 2.75) is 6.54 Å². The zero-order valence-electron chi connectivity index (χ0n) is 16.8. The second-order valence-electron chi connectivity index (χ2n) is 7.54. The van der Waals surface area contributed by atoms with Gasteiger partial charge in [0, 0.05) is 43.4 Å². The molecule has 0 aromatic heterocycles. The lowest BCUT2D eigenvalue weighted by molar-refractivity contribution is -0.147. The van der Waals surface area contributed by atoms with Crippen molar-refractivity contribution in [1.29, 1.82) is 0 Å². The highest BCUT2D eigenvalue weighted by atomic mass is 35.5. The van der Waals surface area contributed by atoms with E-state index in [1.165, 1.54) is 12.1 Å². The number of hydrogen-bond acceptors (Lipinski definition) is 4. The maximum atomic E-state index is 13.1. The lowest BCUT2D eigenvalue weighted by Crippen LogP contribution is -2.60. The van der Waals surface area contributed by atoms with E-state index in [4.69, 9.17) is 11.6 Å². The molecule has 2 aliphatic rings. The summed E-state index contributed by atoms with van der Waals surface area (Å²) in [5, 5.41) is 3.09. The number of amides is 4. The topological polar surface area (TPSA) is 73.0 Å². The van der Waals surface area contributed by atoms with Gasteiger partial charge in [-0.05, 0) is 35.9 Å². The van der Waals surface area contributed by atoms with Crippen LogP contribution in [-0.4, -0.2) is 60.4 Å². The molecule has 4 amide bonds. The molecular weight excluding hydrogens is 423 g/mol. The Morgan fingerprint density at radius 3 is 2.39 bits per heavy atom. The number of urea groups is 1. The van der Waals surface area contributed by atoms with Gasteiger partial charge in [0.2, 0.25) is 11.8 Å². The fraction of sp³-hybridized carbons (Fsp3) is 0.318. The minimum atomic E-state index is -0.961. The number of rotatable bonds is 4. The molecule has 1 N–H and O–H groups in total. The number of benzene rings is 2. The van der Waals surface area contributed by atoms with Crippen molar-refractivity contribution in [2.75, 3.05) is 37.6 Å². The van der Waals surface area contributed by atoms with E-state index in [0.717, 1.165) is 10.6 Å². The molecule has 0 aliphatic carbocycles. The summed E-state index contributed by atoms with van der Waals surface area (Å²) >= 11 is 6.16. The Labute approximate surface area is 184 Å². The summed E-state index contributed by atoms with van der Waals surface area (Å²) in [6.07, 6.45) is 0. The third kappa shape index (κ3) is 4.49. The van der Waals surface area contributed by atoms with Gasteiger partial charge >= 0.3 is 6.03 Å². The highest BCUT2D eigenvalue weighted by Gasteiger charge is 2.41. The molecule has 0 radical (unpaired) electrons. The van der Waals surface area contributed by atoms with Gasteiger partial charge in [-0.25, -0.2) is 9.18 Å². The van der Waals surface area contributed by atoms with Crippen LogP contribution in [0.3, 0.4) is 0 Å². The van der Waals surface area contributed by atoms with Gasteiger partial charge in [0.1, 0.15) is 11.7 Å². The number of carbonyl (C=O) groups excluding carboxylic acids is 3. The zero-order valence-corrected chi connectivity index (χ0v) is 17.5. The van der Waals surface area contributed by atoms with Crippen LogP contribution in [0.4, 0.5) is 14.9 Å². The second kappa shape index (κ2) is 8.93. The first-order chi connectivity index (χ1) is 14.9. The zero-order chi connectivity index (χ0) is 22.0. The summed E-state index contributed by atoms with van der Waals surface area (Å²) in [5.41, 5.74) is 1.52. The Bertz CT molecular complexity index is 993. The van der Waals surface area contributed by atoms with Crippen molar-refractivity contribution < 1.29 is 18.8 Å². The third-order valence-electron chi connectivity index (χ3n) is 5.63. The van der Waals surface area contributed by atoms with E-state index in [1.54, 1.807) is 41.3 Å². The van der Waals surface area contributed by atoms with Crippen LogP contribution in [0.5, 0.6) is 0 Å². The SMILES string of the molecule is O=C(C1CNC(=O)N(Cc2ccccc2Cl)C1=O)N1CCN(c2ccc(F)cc2)CC1. The molecule has 4 rings (SSSR count). The van der Waals surface area contributed by atoms with Gasteiger partial charge < -0.3 is 15.1 Å². The van der Waals surface area contributed by atoms with E-state index in [0.29, 0.717) is 36.8 Å². The van der Waals surface area contributed by atoms with E-state index in [1.807, 2.05) is 0 Å². The molecular formula is C22H22ClFN4O3. The van der Waals surface area contributed by atoms with Crippen molar-refractivity contribution in [3.05, 3.63) is 64.9 Å².